The second-order valence-electron chi connectivity index (χ2n) is 7.45. The number of nitrogens with zero attached hydrogens (tertiary/aromatic N) is 2. The molecule has 3 aromatic rings. The van der Waals surface area contributed by atoms with E-state index >= 15 is 0 Å². The fraction of sp³-hybridized carbons (Fsp3) is 0.261. The first-order chi connectivity index (χ1) is 14.0. The number of allylic oxidation sites excluding steroid dienone is 1. The molecule has 0 aliphatic rings. The molecule has 6 heteroatoms. The van der Waals surface area contributed by atoms with Gasteiger partial charge in [-0.05, 0) is 34.8 Å². The zero-order valence-corrected chi connectivity index (χ0v) is 16.9. The van der Waals surface area contributed by atoms with Gasteiger partial charge in [-0.25, -0.2) is 4.98 Å². The molecule has 0 spiro atoms. The minimum Gasteiger partial charge on any atom is -0.390 e. The van der Waals surface area contributed by atoms with Gasteiger partial charge in [0.05, 0.1) is 11.3 Å². The van der Waals surface area contributed by atoms with Gasteiger partial charge >= 0.3 is 0 Å². The minimum atomic E-state index is 0.428. The lowest BCUT2D eigenvalue weighted by molar-refractivity contribution is 0.425. The van der Waals surface area contributed by atoms with Crippen molar-refractivity contribution in [3.05, 3.63) is 77.3 Å². The summed E-state index contributed by atoms with van der Waals surface area (Å²) in [5.41, 5.74) is 10.8. The van der Waals surface area contributed by atoms with Gasteiger partial charge in [-0.2, -0.15) is 0 Å². The number of pyridine rings is 1. The zero-order chi connectivity index (χ0) is 20.6. The molecular weight excluding hydrogens is 362 g/mol. The van der Waals surface area contributed by atoms with Gasteiger partial charge in [0.25, 0.3) is 0 Å². The van der Waals surface area contributed by atoms with E-state index in [0.717, 1.165) is 35.4 Å². The van der Waals surface area contributed by atoms with Crippen LogP contribution in [0.5, 0.6) is 0 Å². The van der Waals surface area contributed by atoms with Gasteiger partial charge in [0, 0.05) is 44.1 Å². The fourth-order valence-electron chi connectivity index (χ4n) is 2.94. The maximum Gasteiger partial charge on any atom is 0.170 e. The number of anilines is 1. The van der Waals surface area contributed by atoms with Crippen LogP contribution in [0.2, 0.25) is 0 Å². The predicted octanol–water partition coefficient (Wildman–Crippen LogP) is 4.23. The van der Waals surface area contributed by atoms with Crippen LogP contribution in [0.15, 0.2) is 65.0 Å². The molecular formula is C23H27N5O. The Kier molecular flexibility index (Phi) is 6.79. The molecule has 3 rings (SSSR count). The van der Waals surface area contributed by atoms with Crippen LogP contribution in [-0.4, -0.2) is 22.9 Å². The molecule has 29 heavy (non-hydrogen) atoms. The van der Waals surface area contributed by atoms with E-state index in [1.165, 1.54) is 11.8 Å². The van der Waals surface area contributed by atoms with Gasteiger partial charge in [0.15, 0.2) is 5.76 Å². The Morgan fingerprint density at radius 1 is 1.21 bits per heavy atom. The Hall–Kier alpha value is -3.41. The molecule has 0 radical (unpaired) electrons. The topological polar surface area (TPSA) is 101 Å². The average molecular weight is 390 g/mol. The molecule has 1 aromatic carbocycles. The maximum atomic E-state index is 7.61. The average Bonchev–Trinajstić information content (AvgIpc) is 3.17. The van der Waals surface area contributed by atoms with Gasteiger partial charge in [-0.3, -0.25) is 0 Å². The lowest BCUT2D eigenvalue weighted by Gasteiger charge is -2.07. The fourth-order valence-corrected chi connectivity index (χ4v) is 2.94. The molecule has 0 bridgehead atoms. The third kappa shape index (κ3) is 5.78. The summed E-state index contributed by atoms with van der Waals surface area (Å²) in [5, 5.41) is 15.0. The van der Waals surface area contributed by atoms with E-state index in [0.29, 0.717) is 23.9 Å². The van der Waals surface area contributed by atoms with Gasteiger partial charge in [0.1, 0.15) is 5.82 Å². The van der Waals surface area contributed by atoms with Crippen molar-refractivity contribution in [1.29, 1.82) is 5.41 Å². The molecule has 0 amide bonds. The normalized spacial score (nSPS) is 11.6. The highest BCUT2D eigenvalue weighted by atomic mass is 16.5. The second kappa shape index (κ2) is 9.68. The molecule has 0 aliphatic heterocycles. The lowest BCUT2D eigenvalue weighted by Crippen LogP contribution is -2.14. The Bertz CT molecular complexity index is 973. The number of nitrogens with two attached hydrogens (primary N) is 1. The molecule has 0 saturated carbocycles. The molecule has 0 atom stereocenters. The van der Waals surface area contributed by atoms with Crippen molar-refractivity contribution in [2.24, 2.45) is 5.92 Å². The molecule has 150 valence electrons. The van der Waals surface area contributed by atoms with E-state index in [-0.39, 0.29) is 0 Å². The van der Waals surface area contributed by atoms with Crippen LogP contribution in [0, 0.1) is 11.3 Å². The number of benzene rings is 1. The molecule has 0 fully saturated rings. The first-order valence-corrected chi connectivity index (χ1v) is 9.72. The maximum absolute atomic E-state index is 7.61. The van der Waals surface area contributed by atoms with Crippen LogP contribution in [0.1, 0.15) is 30.7 Å². The third-order valence-corrected chi connectivity index (χ3v) is 4.48. The van der Waals surface area contributed by atoms with Crippen molar-refractivity contribution in [3.8, 4) is 11.3 Å². The largest absolute Gasteiger partial charge is 0.390 e. The van der Waals surface area contributed by atoms with Crippen molar-refractivity contribution in [2.75, 3.05) is 12.3 Å². The van der Waals surface area contributed by atoms with Gasteiger partial charge < -0.3 is 21.0 Å². The van der Waals surface area contributed by atoms with Gasteiger partial charge in [-0.1, -0.05) is 43.3 Å². The summed E-state index contributed by atoms with van der Waals surface area (Å²) >= 11 is 0. The monoisotopic (exact) mass is 389 g/mol. The highest BCUT2D eigenvalue weighted by molar-refractivity contribution is 5.76. The summed E-state index contributed by atoms with van der Waals surface area (Å²) in [6.45, 7) is 5.22. The Morgan fingerprint density at radius 3 is 2.66 bits per heavy atom. The van der Waals surface area contributed by atoms with Crippen LogP contribution in [0.3, 0.4) is 0 Å². The van der Waals surface area contributed by atoms with Crippen LogP contribution in [0.25, 0.3) is 11.3 Å². The first-order valence-electron chi connectivity index (χ1n) is 9.72. The smallest absolute Gasteiger partial charge is 0.170 e. The van der Waals surface area contributed by atoms with E-state index in [1.54, 1.807) is 6.20 Å². The molecule has 0 aliphatic carbocycles. The van der Waals surface area contributed by atoms with Crippen molar-refractivity contribution in [1.82, 2.24) is 15.5 Å². The van der Waals surface area contributed by atoms with Gasteiger partial charge in [-0.15, -0.1) is 0 Å². The van der Waals surface area contributed by atoms with Crippen LogP contribution in [0.4, 0.5) is 5.82 Å². The minimum absolute atomic E-state index is 0.428. The number of nitrogens with one attached hydrogen (secondary N) is 2. The summed E-state index contributed by atoms with van der Waals surface area (Å²) in [7, 11) is 0. The van der Waals surface area contributed by atoms with Crippen molar-refractivity contribution in [2.45, 2.75) is 26.7 Å². The molecule has 2 aromatic heterocycles. The molecule has 6 nitrogen and oxygen atoms in total. The number of hydrogen-bond donors (Lipinski definition) is 3. The first kappa shape index (κ1) is 20.3. The van der Waals surface area contributed by atoms with E-state index in [9.17, 15) is 0 Å². The van der Waals surface area contributed by atoms with E-state index in [4.69, 9.17) is 15.7 Å². The number of nitrogen functional groups attached to an aromatic ring is 1. The summed E-state index contributed by atoms with van der Waals surface area (Å²) in [6.07, 6.45) is 6.39. The second-order valence-corrected chi connectivity index (χ2v) is 7.45. The molecule has 2 heterocycles. The summed E-state index contributed by atoms with van der Waals surface area (Å²) < 4.78 is 5.44. The van der Waals surface area contributed by atoms with E-state index in [2.05, 4.69) is 53.6 Å². The Labute approximate surface area is 171 Å². The number of rotatable bonds is 9. The van der Waals surface area contributed by atoms with Crippen molar-refractivity contribution >= 4 is 12.0 Å². The van der Waals surface area contributed by atoms with Crippen LogP contribution < -0.4 is 11.1 Å². The molecule has 4 N–H and O–H groups in total. The van der Waals surface area contributed by atoms with Crippen molar-refractivity contribution < 1.29 is 4.52 Å². The SMILES string of the molecule is CC(C)CN/C=C(\C=N)Cc1ccc(Cc2cc(-c3cccnc3N)on2)cc1. The van der Waals surface area contributed by atoms with E-state index < -0.39 is 0 Å². The van der Waals surface area contributed by atoms with Crippen molar-refractivity contribution in [3.63, 3.8) is 0 Å². The number of hydrogen-bond acceptors (Lipinski definition) is 6. The summed E-state index contributed by atoms with van der Waals surface area (Å²) in [6, 6.07) is 14.0. The zero-order valence-electron chi connectivity index (χ0n) is 16.9. The molecule has 0 saturated heterocycles. The highest BCUT2D eigenvalue weighted by Gasteiger charge is 2.10. The summed E-state index contributed by atoms with van der Waals surface area (Å²) in [5.74, 6) is 1.62. The Balaban J connectivity index is 1.62. The molecule has 0 unspecified atom stereocenters. The predicted molar refractivity (Wildman–Crippen MR) is 117 cm³/mol. The standard InChI is InChI=1S/C23H27N5O/c1-16(2)14-26-15-19(13-24)10-17-5-7-18(8-6-17)11-20-12-22(29-28-20)21-4-3-9-27-23(21)25/h3-9,12-13,15-16,24,26H,10-11,14H2,1-2H3,(H2,25,27)/b19-15-,24-13?. The van der Waals surface area contributed by atoms with Gasteiger partial charge in [0.2, 0.25) is 0 Å². The number of aromatic nitrogens is 2. The van der Waals surface area contributed by atoms with Crippen LogP contribution >= 0.6 is 0 Å². The lowest BCUT2D eigenvalue weighted by atomic mass is 10.0. The third-order valence-electron chi connectivity index (χ3n) is 4.48. The van der Waals surface area contributed by atoms with E-state index in [1.807, 2.05) is 24.4 Å². The Morgan fingerprint density at radius 2 is 1.97 bits per heavy atom. The van der Waals surface area contributed by atoms with Crippen LogP contribution in [-0.2, 0) is 12.8 Å². The summed E-state index contributed by atoms with van der Waals surface area (Å²) in [4.78, 5) is 4.08. The highest BCUT2D eigenvalue weighted by Crippen LogP contribution is 2.25. The quantitative estimate of drug-likeness (QED) is 0.475.